The van der Waals surface area contributed by atoms with E-state index in [0.29, 0.717) is 11.6 Å². The van der Waals surface area contributed by atoms with Crippen molar-refractivity contribution in [3.8, 4) is 0 Å². The lowest BCUT2D eigenvalue weighted by molar-refractivity contribution is -0.136. The van der Waals surface area contributed by atoms with Crippen LogP contribution in [0.15, 0.2) is 0 Å². The fourth-order valence-corrected chi connectivity index (χ4v) is 4.55. The summed E-state index contributed by atoms with van der Waals surface area (Å²) >= 11 is 1.54. The second-order valence-corrected chi connectivity index (χ2v) is 8.38. The highest BCUT2D eigenvalue weighted by Gasteiger charge is 2.38. The van der Waals surface area contributed by atoms with Crippen LogP contribution in [0.1, 0.15) is 19.8 Å². The molecule has 6 amide bonds. The van der Waals surface area contributed by atoms with Gasteiger partial charge < -0.3 is 20.4 Å². The molecule has 2 saturated heterocycles. The van der Waals surface area contributed by atoms with E-state index in [0.717, 1.165) is 17.7 Å². The second kappa shape index (κ2) is 8.38. The second-order valence-electron chi connectivity index (χ2n) is 7.38. The Labute approximate surface area is 167 Å². The Kier molecular flexibility index (Phi) is 6.11. The van der Waals surface area contributed by atoms with Gasteiger partial charge in [-0.15, -0.1) is 11.8 Å². The molecule has 0 aromatic rings. The van der Waals surface area contributed by atoms with Crippen LogP contribution in [-0.4, -0.2) is 94.8 Å². The van der Waals surface area contributed by atoms with Crippen molar-refractivity contribution in [3.63, 3.8) is 0 Å². The smallest absolute Gasteiger partial charge is 0.327 e. The van der Waals surface area contributed by atoms with Crippen molar-refractivity contribution in [2.75, 3.05) is 38.3 Å². The number of carbonyl (C=O) groups excluding carboxylic acids is 5. The molecule has 3 rings (SSSR count). The zero-order valence-electron chi connectivity index (χ0n) is 16.0. The summed E-state index contributed by atoms with van der Waals surface area (Å²) in [6.45, 7) is 1.31. The third-order valence-electron chi connectivity index (χ3n) is 5.16. The quantitative estimate of drug-likeness (QED) is 0.509. The summed E-state index contributed by atoms with van der Waals surface area (Å²) in [5.41, 5.74) is 0. The fourth-order valence-electron chi connectivity index (χ4n) is 3.33. The molecule has 28 heavy (non-hydrogen) atoms. The normalized spacial score (nSPS) is 23.2. The predicted molar refractivity (Wildman–Crippen MR) is 101 cm³/mol. The first kappa shape index (κ1) is 20.4. The molecule has 1 unspecified atom stereocenters. The van der Waals surface area contributed by atoms with E-state index in [1.54, 1.807) is 4.90 Å². The number of carbonyl (C=O) groups is 5. The Morgan fingerprint density at radius 1 is 1.25 bits per heavy atom. The minimum atomic E-state index is -0.491. The predicted octanol–water partition coefficient (Wildman–Crippen LogP) is -1.19. The summed E-state index contributed by atoms with van der Waals surface area (Å²) in [5.74, 6) is 0.151. The van der Waals surface area contributed by atoms with Gasteiger partial charge in [0, 0.05) is 32.3 Å². The Hall–Kier alpha value is -2.30. The number of hydrogen-bond donors (Lipinski definition) is 2. The molecule has 0 radical (unpaired) electrons. The Morgan fingerprint density at radius 3 is 2.54 bits per heavy atom. The molecule has 2 N–H and O–H groups in total. The van der Waals surface area contributed by atoms with Crippen LogP contribution in [0.4, 0.5) is 4.79 Å². The molecule has 11 heteroatoms. The van der Waals surface area contributed by atoms with E-state index in [4.69, 9.17) is 0 Å². The number of thioether (sulfide) groups is 1. The Morgan fingerprint density at radius 2 is 1.96 bits per heavy atom. The van der Waals surface area contributed by atoms with Crippen molar-refractivity contribution < 1.29 is 24.0 Å². The first-order valence-corrected chi connectivity index (χ1v) is 10.4. The van der Waals surface area contributed by atoms with E-state index in [1.807, 2.05) is 0 Å². The van der Waals surface area contributed by atoms with Gasteiger partial charge in [0.1, 0.15) is 19.1 Å². The van der Waals surface area contributed by atoms with Crippen molar-refractivity contribution in [2.45, 2.75) is 31.8 Å². The molecule has 2 aliphatic heterocycles. The summed E-state index contributed by atoms with van der Waals surface area (Å²) in [6, 6.07) is -1.21. The average molecular weight is 411 g/mol. The van der Waals surface area contributed by atoms with Gasteiger partial charge in [-0.2, -0.15) is 0 Å². The molecule has 1 saturated carbocycles. The molecule has 2 heterocycles. The molecule has 1 aliphatic carbocycles. The van der Waals surface area contributed by atoms with Crippen molar-refractivity contribution in [1.29, 1.82) is 0 Å². The lowest BCUT2D eigenvalue weighted by Crippen LogP contribution is -2.53. The van der Waals surface area contributed by atoms with Gasteiger partial charge in [0.15, 0.2) is 0 Å². The summed E-state index contributed by atoms with van der Waals surface area (Å²) in [7, 11) is 1.50. The van der Waals surface area contributed by atoms with E-state index < -0.39 is 23.9 Å². The van der Waals surface area contributed by atoms with Crippen LogP contribution in [0.3, 0.4) is 0 Å². The van der Waals surface area contributed by atoms with Crippen LogP contribution in [-0.2, 0) is 19.2 Å². The molecule has 0 spiro atoms. The van der Waals surface area contributed by atoms with Crippen LogP contribution in [0.25, 0.3) is 0 Å². The summed E-state index contributed by atoms with van der Waals surface area (Å²) in [5, 5.41) is 5.68. The lowest BCUT2D eigenvalue weighted by Gasteiger charge is -2.25. The molecule has 2 atom stereocenters. The maximum Gasteiger partial charge on any atom is 0.327 e. The minimum absolute atomic E-state index is 0.0289. The molecule has 3 fully saturated rings. The van der Waals surface area contributed by atoms with Gasteiger partial charge >= 0.3 is 6.03 Å². The fraction of sp³-hybridized carbons (Fsp3) is 0.706. The van der Waals surface area contributed by atoms with Gasteiger partial charge in [-0.3, -0.25) is 24.1 Å². The average Bonchev–Trinajstić information content (AvgIpc) is 3.31. The van der Waals surface area contributed by atoms with E-state index in [2.05, 4.69) is 10.6 Å². The monoisotopic (exact) mass is 411 g/mol. The van der Waals surface area contributed by atoms with Crippen molar-refractivity contribution >= 4 is 41.4 Å². The van der Waals surface area contributed by atoms with Crippen molar-refractivity contribution in [2.24, 2.45) is 5.92 Å². The number of likely N-dealkylation sites (N-methyl/N-ethyl adjacent to an activating group) is 1. The molecule has 10 nitrogen and oxygen atoms in total. The van der Waals surface area contributed by atoms with Crippen LogP contribution in [0, 0.1) is 5.92 Å². The molecule has 0 aromatic heterocycles. The first-order chi connectivity index (χ1) is 13.3. The van der Waals surface area contributed by atoms with Gasteiger partial charge in [-0.25, -0.2) is 4.79 Å². The molecular formula is C17H25N5O5S. The Balaban J connectivity index is 1.50. The third kappa shape index (κ3) is 4.57. The van der Waals surface area contributed by atoms with E-state index in [-0.39, 0.29) is 43.4 Å². The van der Waals surface area contributed by atoms with Gasteiger partial charge in [0.2, 0.25) is 17.7 Å². The zero-order chi connectivity index (χ0) is 20.4. The highest BCUT2D eigenvalue weighted by molar-refractivity contribution is 7.99. The largest absolute Gasteiger partial charge is 0.352 e. The number of urea groups is 1. The molecular weight excluding hydrogens is 386 g/mol. The van der Waals surface area contributed by atoms with Gasteiger partial charge in [-0.1, -0.05) is 0 Å². The van der Waals surface area contributed by atoms with Crippen LogP contribution >= 0.6 is 11.8 Å². The maximum atomic E-state index is 12.6. The zero-order valence-corrected chi connectivity index (χ0v) is 16.8. The minimum Gasteiger partial charge on any atom is -0.352 e. The standard InChI is InChI=1S/C17H25N5O5S/c1-10(23)22-9-28-8-13(22)16(26)19-12(11-3-4-11)5-18-14(24)6-21-15(25)7-20(2)17(21)27/h11-13H,3-9H2,1-2H3,(H,18,24)(H,19,26)/t12?,13-/m1/s1. The molecule has 3 aliphatic rings. The molecule has 154 valence electrons. The van der Waals surface area contributed by atoms with E-state index in [1.165, 1.54) is 30.6 Å². The number of nitrogens with zero attached hydrogens (tertiary/aromatic N) is 3. The number of rotatable bonds is 7. The summed E-state index contributed by atoms with van der Waals surface area (Å²) < 4.78 is 0. The van der Waals surface area contributed by atoms with E-state index in [9.17, 15) is 24.0 Å². The highest BCUT2D eigenvalue weighted by Crippen LogP contribution is 2.32. The number of amides is 6. The first-order valence-electron chi connectivity index (χ1n) is 9.25. The number of nitrogens with one attached hydrogen (secondary N) is 2. The maximum absolute atomic E-state index is 12.6. The SMILES string of the molecule is CC(=O)N1CSC[C@@H]1C(=O)NC(CNC(=O)CN1C(=O)CN(C)C1=O)C1CC1. The number of hydrogen-bond acceptors (Lipinski definition) is 6. The number of imide groups is 1. The Bertz CT molecular complexity index is 697. The van der Waals surface area contributed by atoms with E-state index >= 15 is 0 Å². The third-order valence-corrected chi connectivity index (χ3v) is 6.17. The van der Waals surface area contributed by atoms with Gasteiger partial charge in [-0.05, 0) is 18.8 Å². The molecule has 0 bridgehead atoms. The van der Waals surface area contributed by atoms with Crippen LogP contribution < -0.4 is 10.6 Å². The molecule has 0 aromatic carbocycles. The summed E-state index contributed by atoms with van der Waals surface area (Å²) in [4.78, 5) is 63.8. The van der Waals surface area contributed by atoms with Crippen molar-refractivity contribution in [1.82, 2.24) is 25.3 Å². The van der Waals surface area contributed by atoms with Gasteiger partial charge in [0.05, 0.1) is 5.88 Å². The topological polar surface area (TPSA) is 119 Å². The van der Waals surface area contributed by atoms with Crippen LogP contribution in [0.2, 0.25) is 0 Å². The van der Waals surface area contributed by atoms with Gasteiger partial charge in [0.25, 0.3) is 5.91 Å². The lowest BCUT2D eigenvalue weighted by atomic mass is 10.1. The highest BCUT2D eigenvalue weighted by atomic mass is 32.2. The van der Waals surface area contributed by atoms with Crippen molar-refractivity contribution in [3.05, 3.63) is 0 Å². The van der Waals surface area contributed by atoms with Crippen LogP contribution in [0.5, 0.6) is 0 Å². The summed E-state index contributed by atoms with van der Waals surface area (Å²) in [6.07, 6.45) is 1.93.